The van der Waals surface area contributed by atoms with Crippen LogP contribution in [0.15, 0.2) is 12.3 Å². The van der Waals surface area contributed by atoms with Gasteiger partial charge in [-0.1, -0.05) is 13.3 Å². The first-order valence-electron chi connectivity index (χ1n) is 4.76. The molecule has 0 saturated carbocycles. The van der Waals surface area contributed by atoms with Crippen LogP contribution in [-0.2, 0) is 9.53 Å². The molecule has 1 aliphatic heterocycles. The van der Waals surface area contributed by atoms with E-state index in [2.05, 4.69) is 6.92 Å². The fourth-order valence-corrected chi connectivity index (χ4v) is 2.42. The summed E-state index contributed by atoms with van der Waals surface area (Å²) in [5.74, 6) is 1.00. The smallest absolute Gasteiger partial charge is 0.209 e. The Morgan fingerprint density at radius 2 is 2.54 bits per heavy atom. The monoisotopic (exact) mass is 200 g/mol. The Morgan fingerprint density at radius 1 is 1.69 bits per heavy atom. The van der Waals surface area contributed by atoms with Gasteiger partial charge in [-0.05, 0) is 24.7 Å². The standard InChI is InChI=1S/C10H16O2S/c1-2-3-8-13-10(9-11)6-4-5-7-12-10/h5,7,9H,2-4,6,8H2,1H3. The minimum atomic E-state index is -0.579. The average molecular weight is 200 g/mol. The van der Waals surface area contributed by atoms with Crippen LogP contribution in [0.2, 0.25) is 0 Å². The first kappa shape index (κ1) is 10.6. The third-order valence-corrected chi connectivity index (χ3v) is 3.43. The highest BCUT2D eigenvalue weighted by Gasteiger charge is 2.31. The van der Waals surface area contributed by atoms with Crippen molar-refractivity contribution < 1.29 is 9.53 Å². The van der Waals surface area contributed by atoms with Gasteiger partial charge in [-0.3, -0.25) is 4.79 Å². The van der Waals surface area contributed by atoms with E-state index >= 15 is 0 Å². The molecule has 1 atom stereocenters. The van der Waals surface area contributed by atoms with Gasteiger partial charge in [0.05, 0.1) is 6.26 Å². The predicted octanol–water partition coefficient (Wildman–Crippen LogP) is 2.74. The van der Waals surface area contributed by atoms with Crippen molar-refractivity contribution in [3.05, 3.63) is 12.3 Å². The number of aldehydes is 1. The normalized spacial score (nSPS) is 26.8. The van der Waals surface area contributed by atoms with Gasteiger partial charge < -0.3 is 4.74 Å². The molecule has 1 heterocycles. The summed E-state index contributed by atoms with van der Waals surface area (Å²) in [6.45, 7) is 2.15. The van der Waals surface area contributed by atoms with Gasteiger partial charge in [0.1, 0.15) is 0 Å². The number of ether oxygens (including phenoxy) is 1. The van der Waals surface area contributed by atoms with Crippen molar-refractivity contribution in [1.82, 2.24) is 0 Å². The number of thioether (sulfide) groups is 1. The minimum absolute atomic E-state index is 0.579. The third kappa shape index (κ3) is 3.07. The number of carbonyl (C=O) groups is 1. The van der Waals surface area contributed by atoms with Crippen LogP contribution in [0, 0.1) is 0 Å². The summed E-state index contributed by atoms with van der Waals surface area (Å²) in [7, 11) is 0. The second kappa shape index (κ2) is 5.32. The van der Waals surface area contributed by atoms with Gasteiger partial charge in [-0.2, -0.15) is 0 Å². The average Bonchev–Trinajstić information content (AvgIpc) is 2.20. The van der Waals surface area contributed by atoms with Crippen molar-refractivity contribution in [2.45, 2.75) is 37.5 Å². The molecular formula is C10H16O2S. The Labute approximate surface area is 83.7 Å². The molecule has 0 aromatic rings. The molecule has 0 amide bonds. The Bertz CT molecular complexity index is 191. The molecule has 2 nitrogen and oxygen atoms in total. The summed E-state index contributed by atoms with van der Waals surface area (Å²) in [5.41, 5.74) is 0. The number of hydrogen-bond donors (Lipinski definition) is 0. The lowest BCUT2D eigenvalue weighted by Crippen LogP contribution is -2.30. The van der Waals surface area contributed by atoms with Gasteiger partial charge in [0.15, 0.2) is 6.29 Å². The van der Waals surface area contributed by atoms with E-state index in [9.17, 15) is 4.79 Å². The molecular weight excluding hydrogens is 184 g/mol. The molecule has 3 heteroatoms. The van der Waals surface area contributed by atoms with Crippen LogP contribution >= 0.6 is 11.8 Å². The van der Waals surface area contributed by atoms with Crippen molar-refractivity contribution >= 4 is 18.0 Å². The molecule has 13 heavy (non-hydrogen) atoms. The molecule has 1 aliphatic rings. The lowest BCUT2D eigenvalue weighted by atomic mass is 10.2. The summed E-state index contributed by atoms with van der Waals surface area (Å²) in [6, 6.07) is 0. The van der Waals surface area contributed by atoms with E-state index < -0.39 is 4.93 Å². The molecule has 0 saturated heterocycles. The second-order valence-electron chi connectivity index (χ2n) is 3.16. The van der Waals surface area contributed by atoms with Crippen LogP contribution in [0.25, 0.3) is 0 Å². The topological polar surface area (TPSA) is 26.3 Å². The van der Waals surface area contributed by atoms with Gasteiger partial charge in [-0.25, -0.2) is 0 Å². The quantitative estimate of drug-likeness (QED) is 0.504. The highest BCUT2D eigenvalue weighted by Crippen LogP contribution is 2.33. The van der Waals surface area contributed by atoms with E-state index in [1.165, 1.54) is 0 Å². The van der Waals surface area contributed by atoms with E-state index in [0.717, 1.165) is 37.7 Å². The van der Waals surface area contributed by atoms with Crippen molar-refractivity contribution in [2.24, 2.45) is 0 Å². The van der Waals surface area contributed by atoms with Gasteiger partial charge in [-0.15, -0.1) is 11.8 Å². The number of carbonyl (C=O) groups excluding carboxylic acids is 1. The maximum Gasteiger partial charge on any atom is 0.209 e. The molecule has 0 N–H and O–H groups in total. The van der Waals surface area contributed by atoms with Crippen molar-refractivity contribution in [3.8, 4) is 0 Å². The van der Waals surface area contributed by atoms with Gasteiger partial charge in [0.2, 0.25) is 4.93 Å². The Morgan fingerprint density at radius 3 is 3.08 bits per heavy atom. The molecule has 0 aromatic heterocycles. The summed E-state index contributed by atoms with van der Waals surface area (Å²) in [6.07, 6.45) is 8.61. The zero-order valence-corrected chi connectivity index (χ0v) is 8.81. The number of rotatable bonds is 5. The maximum absolute atomic E-state index is 10.9. The zero-order valence-electron chi connectivity index (χ0n) is 7.99. The van der Waals surface area contributed by atoms with Crippen LogP contribution in [0.5, 0.6) is 0 Å². The zero-order chi connectivity index (χ0) is 9.57. The fourth-order valence-electron chi connectivity index (χ4n) is 1.19. The van der Waals surface area contributed by atoms with Gasteiger partial charge in [0, 0.05) is 6.42 Å². The molecule has 0 bridgehead atoms. The Kier molecular flexibility index (Phi) is 4.36. The van der Waals surface area contributed by atoms with Crippen LogP contribution in [0.1, 0.15) is 32.6 Å². The van der Waals surface area contributed by atoms with E-state index in [1.54, 1.807) is 18.0 Å². The summed E-state index contributed by atoms with van der Waals surface area (Å²) >= 11 is 1.63. The molecule has 0 fully saturated rings. The Balaban J connectivity index is 2.39. The predicted molar refractivity (Wildman–Crippen MR) is 55.6 cm³/mol. The van der Waals surface area contributed by atoms with E-state index in [4.69, 9.17) is 4.74 Å². The van der Waals surface area contributed by atoms with Crippen molar-refractivity contribution in [2.75, 3.05) is 5.75 Å². The molecule has 1 rings (SSSR count). The molecule has 0 aliphatic carbocycles. The summed E-state index contributed by atoms with van der Waals surface area (Å²) < 4.78 is 5.38. The number of unbranched alkanes of at least 4 members (excludes halogenated alkanes) is 1. The van der Waals surface area contributed by atoms with Gasteiger partial charge >= 0.3 is 0 Å². The molecule has 0 spiro atoms. The fraction of sp³-hybridized carbons (Fsp3) is 0.700. The summed E-state index contributed by atoms with van der Waals surface area (Å²) in [5, 5.41) is 0. The van der Waals surface area contributed by atoms with Gasteiger partial charge in [0.25, 0.3) is 0 Å². The summed E-state index contributed by atoms with van der Waals surface area (Å²) in [4.78, 5) is 10.3. The van der Waals surface area contributed by atoms with Crippen molar-refractivity contribution in [1.29, 1.82) is 0 Å². The van der Waals surface area contributed by atoms with Crippen LogP contribution < -0.4 is 0 Å². The molecule has 0 radical (unpaired) electrons. The highest BCUT2D eigenvalue weighted by atomic mass is 32.2. The number of allylic oxidation sites excluding steroid dienone is 1. The SMILES string of the molecule is CCCCSC1(C=O)CCC=CO1. The molecule has 74 valence electrons. The van der Waals surface area contributed by atoms with Crippen LogP contribution in [-0.4, -0.2) is 17.0 Å². The largest absolute Gasteiger partial charge is 0.477 e. The number of hydrogen-bond acceptors (Lipinski definition) is 3. The lowest BCUT2D eigenvalue weighted by Gasteiger charge is -2.28. The van der Waals surface area contributed by atoms with E-state index in [-0.39, 0.29) is 0 Å². The van der Waals surface area contributed by atoms with E-state index in [0.29, 0.717) is 0 Å². The Hall–Kier alpha value is -0.440. The van der Waals surface area contributed by atoms with E-state index in [1.807, 2.05) is 6.08 Å². The highest BCUT2D eigenvalue weighted by molar-refractivity contribution is 8.01. The van der Waals surface area contributed by atoms with Crippen molar-refractivity contribution in [3.63, 3.8) is 0 Å². The second-order valence-corrected chi connectivity index (χ2v) is 4.55. The van der Waals surface area contributed by atoms with Crippen LogP contribution in [0.4, 0.5) is 0 Å². The first-order chi connectivity index (χ1) is 6.33. The van der Waals surface area contributed by atoms with Crippen LogP contribution in [0.3, 0.4) is 0 Å². The minimum Gasteiger partial charge on any atom is -0.477 e. The lowest BCUT2D eigenvalue weighted by molar-refractivity contribution is -0.118. The first-order valence-corrected chi connectivity index (χ1v) is 5.74. The molecule has 0 aromatic carbocycles. The molecule has 1 unspecified atom stereocenters. The maximum atomic E-state index is 10.9. The third-order valence-electron chi connectivity index (χ3n) is 2.05.